The first-order valence-corrected chi connectivity index (χ1v) is 22.4. The number of aliphatic hydroxyl groups is 5. The molecule has 314 valence electrons. The molecule has 0 aromatic heterocycles. The number of carbonyl (C=O) groups is 1. The zero-order chi connectivity index (χ0) is 38.8. The van der Waals surface area contributed by atoms with Crippen molar-refractivity contribution in [1.29, 1.82) is 0 Å². The van der Waals surface area contributed by atoms with Crippen LogP contribution in [-0.4, -0.2) is 87.5 Å². The van der Waals surface area contributed by atoms with Gasteiger partial charge < -0.3 is 40.3 Å². The number of rotatable bonds is 37. The summed E-state index contributed by atoms with van der Waals surface area (Å²) in [6.45, 7) is 3.77. The molecule has 7 atom stereocenters. The van der Waals surface area contributed by atoms with Crippen molar-refractivity contribution in [1.82, 2.24) is 5.32 Å². The number of ether oxygens (including phenoxy) is 2. The Balaban J connectivity index is 2.34. The molecule has 0 saturated carbocycles. The van der Waals surface area contributed by atoms with Crippen LogP contribution in [0.25, 0.3) is 0 Å². The molecule has 9 nitrogen and oxygen atoms in total. The smallest absolute Gasteiger partial charge is 0.220 e. The first-order valence-electron chi connectivity index (χ1n) is 22.4. The minimum absolute atomic E-state index is 0.175. The van der Waals surface area contributed by atoms with Crippen molar-refractivity contribution in [2.45, 2.75) is 249 Å². The number of nitrogens with one attached hydrogen (secondary N) is 1. The largest absolute Gasteiger partial charge is 0.394 e. The van der Waals surface area contributed by atoms with Gasteiger partial charge >= 0.3 is 0 Å². The predicted molar refractivity (Wildman–Crippen MR) is 217 cm³/mol. The molecular weight excluding hydrogens is 670 g/mol. The van der Waals surface area contributed by atoms with Crippen LogP contribution in [0.15, 0.2) is 12.2 Å². The molecule has 0 aromatic carbocycles. The zero-order valence-corrected chi connectivity index (χ0v) is 34.3. The fourth-order valence-corrected chi connectivity index (χ4v) is 7.21. The molecule has 0 radical (unpaired) electrons. The van der Waals surface area contributed by atoms with Gasteiger partial charge in [-0.25, -0.2) is 0 Å². The topological polar surface area (TPSA) is 149 Å². The molecule has 53 heavy (non-hydrogen) atoms. The highest BCUT2D eigenvalue weighted by atomic mass is 16.7. The Morgan fingerprint density at radius 1 is 0.623 bits per heavy atom. The molecule has 9 heteroatoms. The number of amides is 1. The summed E-state index contributed by atoms with van der Waals surface area (Å²) in [6.07, 6.45) is 32.5. The van der Waals surface area contributed by atoms with Crippen LogP contribution >= 0.6 is 0 Å². The Morgan fingerprint density at radius 2 is 1.04 bits per heavy atom. The van der Waals surface area contributed by atoms with Gasteiger partial charge in [-0.2, -0.15) is 0 Å². The molecule has 1 saturated heterocycles. The summed E-state index contributed by atoms with van der Waals surface area (Å²) < 4.78 is 11.2. The van der Waals surface area contributed by atoms with E-state index >= 15 is 0 Å². The average molecular weight is 756 g/mol. The Kier molecular flexibility index (Phi) is 33.3. The van der Waals surface area contributed by atoms with Crippen molar-refractivity contribution in [3.63, 3.8) is 0 Å². The maximum Gasteiger partial charge on any atom is 0.220 e. The van der Waals surface area contributed by atoms with Crippen molar-refractivity contribution in [2.75, 3.05) is 13.2 Å². The van der Waals surface area contributed by atoms with Gasteiger partial charge in [0.2, 0.25) is 5.91 Å². The van der Waals surface area contributed by atoms with E-state index in [1.807, 2.05) is 6.08 Å². The van der Waals surface area contributed by atoms with E-state index in [-0.39, 0.29) is 12.5 Å². The molecule has 1 amide bonds. The first kappa shape index (κ1) is 49.9. The third-order valence-electron chi connectivity index (χ3n) is 10.9. The van der Waals surface area contributed by atoms with E-state index in [2.05, 4.69) is 19.2 Å². The highest BCUT2D eigenvalue weighted by molar-refractivity contribution is 5.76. The van der Waals surface area contributed by atoms with E-state index < -0.39 is 49.5 Å². The maximum atomic E-state index is 12.9. The number of carbonyl (C=O) groups excluding carboxylic acids is 1. The van der Waals surface area contributed by atoms with E-state index in [0.717, 1.165) is 38.5 Å². The second-order valence-electron chi connectivity index (χ2n) is 15.9. The van der Waals surface area contributed by atoms with Gasteiger partial charge in [0.15, 0.2) is 6.29 Å². The zero-order valence-electron chi connectivity index (χ0n) is 34.3. The van der Waals surface area contributed by atoms with E-state index in [4.69, 9.17) is 9.47 Å². The molecule has 0 spiro atoms. The summed E-state index contributed by atoms with van der Waals surface area (Å²) in [5, 5.41) is 54.1. The van der Waals surface area contributed by atoms with Gasteiger partial charge in [-0.15, -0.1) is 0 Å². The van der Waals surface area contributed by atoms with Crippen LogP contribution in [-0.2, 0) is 14.3 Å². The Hall–Kier alpha value is -1.07. The summed E-state index contributed by atoms with van der Waals surface area (Å²) in [5.74, 6) is -0.175. The average Bonchev–Trinajstić information content (AvgIpc) is 3.16. The van der Waals surface area contributed by atoms with Crippen LogP contribution in [0.5, 0.6) is 0 Å². The minimum atomic E-state index is -1.56. The second-order valence-corrected chi connectivity index (χ2v) is 15.9. The van der Waals surface area contributed by atoms with Gasteiger partial charge in [0.25, 0.3) is 0 Å². The minimum Gasteiger partial charge on any atom is -0.394 e. The van der Waals surface area contributed by atoms with Crippen molar-refractivity contribution in [3.8, 4) is 0 Å². The predicted octanol–water partition coefficient (Wildman–Crippen LogP) is 8.95. The van der Waals surface area contributed by atoms with Crippen molar-refractivity contribution < 1.29 is 39.8 Å². The lowest BCUT2D eigenvalue weighted by Gasteiger charge is -2.40. The monoisotopic (exact) mass is 756 g/mol. The normalized spacial score (nSPS) is 21.7. The Labute approximate surface area is 325 Å². The van der Waals surface area contributed by atoms with Crippen LogP contribution in [0.2, 0.25) is 0 Å². The first-order chi connectivity index (χ1) is 25.8. The van der Waals surface area contributed by atoms with E-state index in [9.17, 15) is 30.3 Å². The highest BCUT2D eigenvalue weighted by Gasteiger charge is 2.44. The molecule has 1 rings (SSSR count). The van der Waals surface area contributed by atoms with Gasteiger partial charge in [-0.3, -0.25) is 4.79 Å². The van der Waals surface area contributed by atoms with E-state index in [0.29, 0.717) is 6.42 Å². The fourth-order valence-electron chi connectivity index (χ4n) is 7.21. The second kappa shape index (κ2) is 35.4. The molecule has 0 aliphatic carbocycles. The van der Waals surface area contributed by atoms with Crippen molar-refractivity contribution in [3.05, 3.63) is 12.2 Å². The summed E-state index contributed by atoms with van der Waals surface area (Å²) in [7, 11) is 0. The van der Waals surface area contributed by atoms with E-state index in [1.54, 1.807) is 6.08 Å². The number of hydrogen-bond acceptors (Lipinski definition) is 8. The van der Waals surface area contributed by atoms with Crippen molar-refractivity contribution >= 4 is 5.91 Å². The van der Waals surface area contributed by atoms with Gasteiger partial charge in [-0.05, 0) is 19.3 Å². The SMILES string of the molecule is CCCCCCCCCCCC/C=C/C(O)C(COC1OC(CO)C(O)C(O)C1O)NC(=O)CCCCCCCCCCCCCCCCCCCC. The third-order valence-corrected chi connectivity index (χ3v) is 10.9. The van der Waals surface area contributed by atoms with Crippen LogP contribution in [0.3, 0.4) is 0 Å². The third kappa shape index (κ3) is 26.4. The molecule has 1 heterocycles. The van der Waals surface area contributed by atoms with Gasteiger partial charge in [0.05, 0.1) is 25.4 Å². The molecule has 0 bridgehead atoms. The van der Waals surface area contributed by atoms with Crippen LogP contribution < -0.4 is 5.32 Å². The maximum absolute atomic E-state index is 12.9. The summed E-state index contributed by atoms with van der Waals surface area (Å²) in [4.78, 5) is 12.9. The van der Waals surface area contributed by atoms with Gasteiger partial charge in [0.1, 0.15) is 24.4 Å². The molecule has 1 aliphatic rings. The Bertz CT molecular complexity index is 842. The van der Waals surface area contributed by atoms with Gasteiger partial charge in [0, 0.05) is 6.42 Å². The molecule has 1 fully saturated rings. The summed E-state index contributed by atoms with van der Waals surface area (Å²) in [5.41, 5.74) is 0. The molecule has 6 N–H and O–H groups in total. The highest BCUT2D eigenvalue weighted by Crippen LogP contribution is 2.23. The van der Waals surface area contributed by atoms with Gasteiger partial charge in [-0.1, -0.05) is 193 Å². The van der Waals surface area contributed by atoms with E-state index in [1.165, 1.54) is 148 Å². The summed E-state index contributed by atoms with van der Waals surface area (Å²) >= 11 is 0. The lowest BCUT2D eigenvalue weighted by Crippen LogP contribution is -2.60. The van der Waals surface area contributed by atoms with Crippen LogP contribution in [0, 0.1) is 0 Å². The van der Waals surface area contributed by atoms with Crippen LogP contribution in [0.1, 0.15) is 206 Å². The number of unbranched alkanes of at least 4 members (excludes halogenated alkanes) is 27. The molecular formula is C44H85NO8. The Morgan fingerprint density at radius 3 is 1.47 bits per heavy atom. The lowest BCUT2D eigenvalue weighted by molar-refractivity contribution is -0.302. The molecule has 7 unspecified atom stereocenters. The molecule has 1 aliphatic heterocycles. The number of hydrogen-bond donors (Lipinski definition) is 6. The quantitative estimate of drug-likeness (QED) is 0.0272. The lowest BCUT2D eigenvalue weighted by atomic mass is 9.99. The summed E-state index contributed by atoms with van der Waals surface area (Å²) in [6, 6.07) is -0.797. The number of allylic oxidation sites excluding steroid dienone is 1. The van der Waals surface area contributed by atoms with Crippen LogP contribution in [0.4, 0.5) is 0 Å². The number of aliphatic hydroxyl groups excluding tert-OH is 5. The molecule has 0 aromatic rings. The van der Waals surface area contributed by atoms with Crippen molar-refractivity contribution in [2.24, 2.45) is 0 Å². The fraction of sp³-hybridized carbons (Fsp3) is 0.932. The standard InChI is InChI=1S/C44H85NO8/c1-3-5-7-9-11-13-15-17-18-19-20-21-22-24-26-28-30-32-34-40(48)45-37(36-52-44-43(51)42(50)41(49)39(35-46)53-44)38(47)33-31-29-27-25-23-16-14-12-10-8-6-4-2/h31,33,37-39,41-44,46-47,49-51H,3-30,32,34-36H2,1-2H3,(H,45,48)/b33-31+.